The summed E-state index contributed by atoms with van der Waals surface area (Å²) in [6.45, 7) is 0.473. The minimum atomic E-state index is -0.665. The Morgan fingerprint density at radius 3 is 2.86 bits per heavy atom. The lowest BCUT2D eigenvalue weighted by Gasteiger charge is -2.39. The summed E-state index contributed by atoms with van der Waals surface area (Å²) in [4.78, 5) is 8.72. The number of nitrogens with two attached hydrogens (primary N) is 1. The number of hydrogen-bond donors (Lipinski definition) is 1. The van der Waals surface area contributed by atoms with E-state index in [4.69, 9.17) is 26.8 Å². The molecule has 112 valence electrons. The number of halogens is 2. The Hall–Kier alpha value is -1.79. The Morgan fingerprint density at radius 2 is 2.05 bits per heavy atom. The number of nitrogens with zero attached hydrogens (tertiary/aromatic N) is 2. The monoisotopic (exact) mass is 379 g/mol. The molecule has 0 amide bonds. The first-order valence-electron chi connectivity index (χ1n) is 6.70. The SMILES string of the molecule is NC1=N[C@@]2(CCO1)c1cc(Br)ccc1Oc1cnc(Cl)cc12. The molecular formula is C15H11BrClN3O2. The van der Waals surface area contributed by atoms with E-state index in [1.54, 1.807) is 12.3 Å². The van der Waals surface area contributed by atoms with Crippen molar-refractivity contribution in [2.24, 2.45) is 10.7 Å². The molecule has 0 saturated heterocycles. The molecule has 0 aliphatic carbocycles. The van der Waals surface area contributed by atoms with Crippen LogP contribution in [0.2, 0.25) is 5.15 Å². The number of hydrogen-bond acceptors (Lipinski definition) is 5. The Morgan fingerprint density at radius 1 is 1.23 bits per heavy atom. The molecule has 5 nitrogen and oxygen atoms in total. The largest absolute Gasteiger partial charge is 0.465 e. The van der Waals surface area contributed by atoms with Gasteiger partial charge in [-0.3, -0.25) is 0 Å². The topological polar surface area (TPSA) is 69.7 Å². The second-order valence-electron chi connectivity index (χ2n) is 5.15. The van der Waals surface area contributed by atoms with Gasteiger partial charge in [0, 0.05) is 22.0 Å². The van der Waals surface area contributed by atoms with Gasteiger partial charge in [-0.2, -0.15) is 0 Å². The summed E-state index contributed by atoms with van der Waals surface area (Å²) >= 11 is 9.59. The van der Waals surface area contributed by atoms with Gasteiger partial charge in [0.1, 0.15) is 16.4 Å². The number of amidine groups is 1. The van der Waals surface area contributed by atoms with Crippen molar-refractivity contribution in [3.63, 3.8) is 0 Å². The highest BCUT2D eigenvalue weighted by Gasteiger charge is 2.45. The third kappa shape index (κ3) is 1.98. The van der Waals surface area contributed by atoms with Crippen LogP contribution in [0.5, 0.6) is 11.5 Å². The maximum Gasteiger partial charge on any atom is 0.283 e. The summed E-state index contributed by atoms with van der Waals surface area (Å²) in [6.07, 6.45) is 2.26. The third-order valence-electron chi connectivity index (χ3n) is 3.90. The van der Waals surface area contributed by atoms with Crippen LogP contribution in [0.1, 0.15) is 17.5 Å². The summed E-state index contributed by atoms with van der Waals surface area (Å²) in [7, 11) is 0. The van der Waals surface area contributed by atoms with Crippen LogP contribution in [0.4, 0.5) is 0 Å². The first-order valence-corrected chi connectivity index (χ1v) is 7.88. The number of pyridine rings is 1. The summed E-state index contributed by atoms with van der Waals surface area (Å²) < 4.78 is 12.2. The average molecular weight is 381 g/mol. The highest BCUT2D eigenvalue weighted by atomic mass is 79.9. The fourth-order valence-electron chi connectivity index (χ4n) is 2.97. The van der Waals surface area contributed by atoms with E-state index in [0.717, 1.165) is 21.3 Å². The van der Waals surface area contributed by atoms with Gasteiger partial charge in [-0.05, 0) is 24.3 Å². The van der Waals surface area contributed by atoms with Gasteiger partial charge in [0.2, 0.25) is 0 Å². The van der Waals surface area contributed by atoms with E-state index in [0.29, 0.717) is 23.9 Å². The molecule has 7 heteroatoms. The Balaban J connectivity index is 2.05. The third-order valence-corrected chi connectivity index (χ3v) is 4.60. The lowest BCUT2D eigenvalue weighted by atomic mass is 9.78. The van der Waals surface area contributed by atoms with Crippen LogP contribution in [0.25, 0.3) is 0 Å². The van der Waals surface area contributed by atoms with Crippen LogP contribution < -0.4 is 10.5 Å². The van der Waals surface area contributed by atoms with E-state index in [1.807, 2.05) is 18.2 Å². The van der Waals surface area contributed by atoms with Crippen molar-refractivity contribution in [1.29, 1.82) is 0 Å². The van der Waals surface area contributed by atoms with Gasteiger partial charge >= 0.3 is 0 Å². The van der Waals surface area contributed by atoms with Crippen LogP contribution in [0, 0.1) is 0 Å². The summed E-state index contributed by atoms with van der Waals surface area (Å²) in [6, 6.07) is 7.77. The van der Waals surface area contributed by atoms with E-state index in [2.05, 4.69) is 25.9 Å². The normalized spacial score (nSPS) is 22.2. The molecule has 1 spiro atoms. The Labute approximate surface area is 140 Å². The van der Waals surface area contributed by atoms with Gasteiger partial charge < -0.3 is 15.2 Å². The first-order chi connectivity index (χ1) is 10.6. The second kappa shape index (κ2) is 4.86. The lowest BCUT2D eigenvalue weighted by molar-refractivity contribution is 0.219. The number of ether oxygens (including phenoxy) is 2. The van der Waals surface area contributed by atoms with Gasteiger partial charge in [0.05, 0.1) is 12.8 Å². The molecule has 2 aliphatic rings. The van der Waals surface area contributed by atoms with Crippen molar-refractivity contribution in [2.75, 3.05) is 6.61 Å². The van der Waals surface area contributed by atoms with Gasteiger partial charge in [-0.1, -0.05) is 27.5 Å². The number of aromatic nitrogens is 1. The fraction of sp³-hybridized carbons (Fsp3) is 0.200. The summed E-state index contributed by atoms with van der Waals surface area (Å²) in [5.74, 6) is 1.37. The number of rotatable bonds is 0. The zero-order valence-electron chi connectivity index (χ0n) is 11.3. The van der Waals surface area contributed by atoms with Crippen LogP contribution in [0.3, 0.4) is 0 Å². The predicted molar refractivity (Wildman–Crippen MR) is 86.4 cm³/mol. The van der Waals surface area contributed by atoms with Gasteiger partial charge in [0.15, 0.2) is 5.75 Å². The molecule has 0 unspecified atom stereocenters. The predicted octanol–water partition coefficient (Wildman–Crippen LogP) is 3.58. The standard InChI is InChI=1S/C15H11BrClN3O2/c16-8-1-2-11-9(5-8)15(3-4-21-14(18)20-15)10-6-13(17)19-7-12(10)22-11/h1-2,5-7H,3-4H2,(H2,18,20)/t15-/m0/s1. The van der Waals surface area contributed by atoms with Crippen molar-refractivity contribution >= 4 is 33.6 Å². The number of fused-ring (bicyclic) bond motifs is 4. The van der Waals surface area contributed by atoms with Crippen molar-refractivity contribution in [2.45, 2.75) is 12.0 Å². The fourth-order valence-corrected chi connectivity index (χ4v) is 3.49. The molecule has 0 fully saturated rings. The molecular weight excluding hydrogens is 370 g/mol. The molecule has 2 aromatic rings. The van der Waals surface area contributed by atoms with Crippen LogP contribution in [-0.4, -0.2) is 17.6 Å². The van der Waals surface area contributed by atoms with Crippen molar-refractivity contribution in [1.82, 2.24) is 4.98 Å². The van der Waals surface area contributed by atoms with E-state index < -0.39 is 5.54 Å². The molecule has 1 aromatic carbocycles. The average Bonchev–Trinajstić information content (AvgIpc) is 2.49. The summed E-state index contributed by atoms with van der Waals surface area (Å²) in [5.41, 5.74) is 6.98. The minimum absolute atomic E-state index is 0.165. The molecule has 0 bridgehead atoms. The van der Waals surface area contributed by atoms with Gasteiger partial charge in [-0.25, -0.2) is 9.98 Å². The quantitative estimate of drug-likeness (QED) is 0.709. The van der Waals surface area contributed by atoms with Crippen molar-refractivity contribution in [3.8, 4) is 11.5 Å². The Bertz CT molecular complexity index is 758. The maximum absolute atomic E-state index is 6.09. The molecule has 22 heavy (non-hydrogen) atoms. The minimum Gasteiger partial charge on any atom is -0.465 e. The van der Waals surface area contributed by atoms with E-state index in [1.165, 1.54) is 0 Å². The zero-order valence-corrected chi connectivity index (χ0v) is 13.7. The number of aliphatic imine (C=N–C) groups is 1. The van der Waals surface area contributed by atoms with Crippen molar-refractivity contribution < 1.29 is 9.47 Å². The molecule has 2 N–H and O–H groups in total. The highest BCUT2D eigenvalue weighted by molar-refractivity contribution is 9.10. The highest BCUT2D eigenvalue weighted by Crippen LogP contribution is 2.52. The molecule has 2 aliphatic heterocycles. The first kappa shape index (κ1) is 13.8. The van der Waals surface area contributed by atoms with Crippen LogP contribution >= 0.6 is 27.5 Å². The summed E-state index contributed by atoms with van der Waals surface area (Å²) in [5, 5.41) is 0.389. The van der Waals surface area contributed by atoms with Gasteiger partial charge in [-0.15, -0.1) is 0 Å². The molecule has 1 aromatic heterocycles. The van der Waals surface area contributed by atoms with E-state index in [9.17, 15) is 0 Å². The Kier molecular flexibility index (Phi) is 3.06. The second-order valence-corrected chi connectivity index (χ2v) is 6.46. The lowest BCUT2D eigenvalue weighted by Crippen LogP contribution is -2.38. The molecule has 0 radical (unpaired) electrons. The smallest absolute Gasteiger partial charge is 0.283 e. The maximum atomic E-state index is 6.09. The molecule has 0 saturated carbocycles. The molecule has 4 rings (SSSR count). The zero-order chi connectivity index (χ0) is 15.3. The van der Waals surface area contributed by atoms with E-state index in [-0.39, 0.29) is 6.02 Å². The van der Waals surface area contributed by atoms with E-state index >= 15 is 0 Å². The van der Waals surface area contributed by atoms with Crippen LogP contribution in [0.15, 0.2) is 39.9 Å². The number of benzene rings is 1. The van der Waals surface area contributed by atoms with Gasteiger partial charge in [0.25, 0.3) is 6.02 Å². The molecule has 1 atom stereocenters. The van der Waals surface area contributed by atoms with Crippen molar-refractivity contribution in [3.05, 3.63) is 51.2 Å². The van der Waals surface area contributed by atoms with Crippen LogP contribution in [-0.2, 0) is 10.3 Å². The molecule has 3 heterocycles.